The summed E-state index contributed by atoms with van der Waals surface area (Å²) in [7, 11) is 0. The van der Waals surface area contributed by atoms with Crippen LogP contribution < -0.4 is 4.74 Å². The molecule has 1 aliphatic carbocycles. The number of ether oxygens (including phenoxy) is 2. The first kappa shape index (κ1) is 16.1. The Morgan fingerprint density at radius 2 is 1.67 bits per heavy atom. The van der Waals surface area contributed by atoms with Crippen molar-refractivity contribution >= 4 is 0 Å². The minimum Gasteiger partial charge on any atom is -0.406 e. The summed E-state index contributed by atoms with van der Waals surface area (Å²) >= 11 is 0. The van der Waals surface area contributed by atoms with Gasteiger partial charge in [0.25, 0.3) is 0 Å². The van der Waals surface area contributed by atoms with Crippen LogP contribution in [0.2, 0.25) is 0 Å². The highest BCUT2D eigenvalue weighted by atomic mass is 19.4. The Morgan fingerprint density at radius 1 is 1.05 bits per heavy atom. The van der Waals surface area contributed by atoms with Gasteiger partial charge in [-0.15, -0.1) is 13.2 Å². The van der Waals surface area contributed by atoms with Crippen LogP contribution in [-0.2, 0) is 4.74 Å². The van der Waals surface area contributed by atoms with E-state index < -0.39 is 6.36 Å². The van der Waals surface area contributed by atoms with Crippen molar-refractivity contribution in [2.75, 3.05) is 13.2 Å². The molecule has 5 heteroatoms. The summed E-state index contributed by atoms with van der Waals surface area (Å²) in [5.74, 6) is 0.896. The van der Waals surface area contributed by atoms with Gasteiger partial charge in [0.05, 0.1) is 0 Å². The molecular formula is C16H21F3O2. The van der Waals surface area contributed by atoms with E-state index in [-0.39, 0.29) is 5.75 Å². The number of hydrogen-bond donors (Lipinski definition) is 0. The van der Waals surface area contributed by atoms with E-state index in [0.717, 1.165) is 44.5 Å². The first-order chi connectivity index (χ1) is 9.98. The molecule has 0 aliphatic heterocycles. The topological polar surface area (TPSA) is 18.5 Å². The Hall–Kier alpha value is -1.23. The molecule has 0 heterocycles. The van der Waals surface area contributed by atoms with Gasteiger partial charge in [-0.05, 0) is 62.1 Å². The minimum atomic E-state index is -4.63. The molecule has 0 atom stereocenters. The van der Waals surface area contributed by atoms with Crippen molar-refractivity contribution in [2.45, 2.75) is 44.9 Å². The summed E-state index contributed by atoms with van der Waals surface area (Å²) in [5, 5.41) is 0. The summed E-state index contributed by atoms with van der Waals surface area (Å²) in [6.07, 6.45) is -0.260. The van der Waals surface area contributed by atoms with E-state index in [1.165, 1.54) is 12.1 Å². The molecule has 0 saturated heterocycles. The zero-order chi connectivity index (χ0) is 15.3. The largest absolute Gasteiger partial charge is 0.573 e. The van der Waals surface area contributed by atoms with Gasteiger partial charge in [0, 0.05) is 13.2 Å². The fourth-order valence-corrected chi connectivity index (χ4v) is 2.89. The van der Waals surface area contributed by atoms with Gasteiger partial charge in [-0.25, -0.2) is 0 Å². The Morgan fingerprint density at radius 3 is 2.19 bits per heavy atom. The van der Waals surface area contributed by atoms with Crippen LogP contribution in [0.4, 0.5) is 13.2 Å². The van der Waals surface area contributed by atoms with Crippen molar-refractivity contribution in [2.24, 2.45) is 5.92 Å². The number of hydrogen-bond acceptors (Lipinski definition) is 2. The second kappa shape index (κ2) is 7.16. The summed E-state index contributed by atoms with van der Waals surface area (Å²) in [6.45, 7) is 3.57. The molecule has 0 N–H and O–H groups in total. The fourth-order valence-electron chi connectivity index (χ4n) is 2.89. The summed E-state index contributed by atoms with van der Waals surface area (Å²) in [4.78, 5) is 0. The van der Waals surface area contributed by atoms with Crippen molar-refractivity contribution < 1.29 is 22.6 Å². The predicted molar refractivity (Wildman–Crippen MR) is 74.3 cm³/mol. The fraction of sp³-hybridized carbons (Fsp3) is 0.625. The Balaban J connectivity index is 1.86. The van der Waals surface area contributed by atoms with E-state index in [4.69, 9.17) is 4.74 Å². The molecule has 0 radical (unpaired) electrons. The lowest BCUT2D eigenvalue weighted by atomic mass is 9.79. The average Bonchev–Trinajstić information content (AvgIpc) is 2.45. The number of benzene rings is 1. The lowest BCUT2D eigenvalue weighted by Gasteiger charge is -2.28. The number of halogens is 3. The maximum Gasteiger partial charge on any atom is 0.573 e. The molecule has 2 nitrogen and oxygen atoms in total. The lowest BCUT2D eigenvalue weighted by Crippen LogP contribution is -2.18. The van der Waals surface area contributed by atoms with E-state index >= 15 is 0 Å². The highest BCUT2D eigenvalue weighted by Gasteiger charge is 2.31. The molecule has 0 spiro atoms. The van der Waals surface area contributed by atoms with E-state index in [0.29, 0.717) is 11.8 Å². The molecule has 0 unspecified atom stereocenters. The smallest absolute Gasteiger partial charge is 0.406 e. The Labute approximate surface area is 123 Å². The molecule has 1 aromatic carbocycles. The SMILES string of the molecule is CCOCC1CCC(c2ccc(OC(F)(F)F)cc2)CC1. The van der Waals surface area contributed by atoms with Crippen molar-refractivity contribution in [3.8, 4) is 5.75 Å². The highest BCUT2D eigenvalue weighted by Crippen LogP contribution is 2.36. The zero-order valence-electron chi connectivity index (χ0n) is 12.2. The van der Waals surface area contributed by atoms with Crippen molar-refractivity contribution in [1.82, 2.24) is 0 Å². The zero-order valence-corrected chi connectivity index (χ0v) is 12.2. The Kier molecular flexibility index (Phi) is 5.51. The van der Waals surface area contributed by atoms with Crippen LogP contribution in [0.1, 0.15) is 44.1 Å². The summed E-state index contributed by atoms with van der Waals surface area (Å²) in [6, 6.07) is 6.29. The third-order valence-corrected chi connectivity index (χ3v) is 3.99. The predicted octanol–water partition coefficient (Wildman–Crippen LogP) is 4.90. The van der Waals surface area contributed by atoms with Gasteiger partial charge in [0.2, 0.25) is 0 Å². The van der Waals surface area contributed by atoms with Crippen molar-refractivity contribution in [3.05, 3.63) is 29.8 Å². The summed E-state index contributed by atoms with van der Waals surface area (Å²) in [5.41, 5.74) is 1.10. The van der Waals surface area contributed by atoms with Gasteiger partial charge in [0.1, 0.15) is 5.75 Å². The standard InChI is InChI=1S/C16H21F3O2/c1-2-20-11-12-3-5-13(6-4-12)14-7-9-15(10-8-14)21-16(17,18)19/h7-10,12-13H,2-6,11H2,1H3. The Bertz CT molecular complexity index is 420. The second-order valence-corrected chi connectivity index (χ2v) is 5.49. The van der Waals surface area contributed by atoms with Crippen LogP contribution in [0.25, 0.3) is 0 Å². The first-order valence-corrected chi connectivity index (χ1v) is 7.41. The third kappa shape index (κ3) is 5.23. The maximum atomic E-state index is 12.1. The summed E-state index contributed by atoms with van der Waals surface area (Å²) < 4.78 is 45.7. The van der Waals surface area contributed by atoms with Crippen LogP contribution in [0, 0.1) is 5.92 Å². The van der Waals surface area contributed by atoms with Crippen molar-refractivity contribution in [1.29, 1.82) is 0 Å². The third-order valence-electron chi connectivity index (χ3n) is 3.99. The average molecular weight is 302 g/mol. The molecule has 118 valence electrons. The molecular weight excluding hydrogens is 281 g/mol. The van der Waals surface area contributed by atoms with Crippen LogP contribution >= 0.6 is 0 Å². The lowest BCUT2D eigenvalue weighted by molar-refractivity contribution is -0.274. The molecule has 21 heavy (non-hydrogen) atoms. The van der Waals surface area contributed by atoms with Gasteiger partial charge in [-0.2, -0.15) is 0 Å². The highest BCUT2D eigenvalue weighted by molar-refractivity contribution is 5.29. The normalized spacial score (nSPS) is 23.0. The van der Waals surface area contributed by atoms with E-state index in [1.807, 2.05) is 6.92 Å². The molecule has 1 fully saturated rings. The van der Waals surface area contributed by atoms with Crippen LogP contribution in [0.5, 0.6) is 5.75 Å². The number of alkyl halides is 3. The molecule has 1 aliphatic rings. The molecule has 1 aromatic rings. The molecule has 0 amide bonds. The first-order valence-electron chi connectivity index (χ1n) is 7.41. The molecule has 2 rings (SSSR count). The van der Waals surface area contributed by atoms with Crippen LogP contribution in [0.3, 0.4) is 0 Å². The quantitative estimate of drug-likeness (QED) is 0.770. The van der Waals surface area contributed by atoms with Gasteiger partial charge in [0.15, 0.2) is 0 Å². The van der Waals surface area contributed by atoms with Gasteiger partial charge >= 0.3 is 6.36 Å². The van der Waals surface area contributed by atoms with Gasteiger partial charge in [-0.1, -0.05) is 12.1 Å². The van der Waals surface area contributed by atoms with Crippen molar-refractivity contribution in [3.63, 3.8) is 0 Å². The van der Waals surface area contributed by atoms with E-state index in [2.05, 4.69) is 4.74 Å². The van der Waals surface area contributed by atoms with Gasteiger partial charge < -0.3 is 9.47 Å². The maximum absolute atomic E-state index is 12.1. The van der Waals surface area contributed by atoms with E-state index in [1.54, 1.807) is 12.1 Å². The monoisotopic (exact) mass is 302 g/mol. The van der Waals surface area contributed by atoms with Crippen LogP contribution in [0.15, 0.2) is 24.3 Å². The molecule has 1 saturated carbocycles. The molecule has 0 bridgehead atoms. The minimum absolute atomic E-state index is 0.156. The van der Waals surface area contributed by atoms with Crippen LogP contribution in [-0.4, -0.2) is 19.6 Å². The molecule has 0 aromatic heterocycles. The van der Waals surface area contributed by atoms with Gasteiger partial charge in [-0.3, -0.25) is 0 Å². The second-order valence-electron chi connectivity index (χ2n) is 5.49. The number of rotatable bonds is 5. The van der Waals surface area contributed by atoms with E-state index in [9.17, 15) is 13.2 Å².